The van der Waals surface area contributed by atoms with Gasteiger partial charge >= 0.3 is 0 Å². The normalized spacial score (nSPS) is 20.2. The molecule has 0 aliphatic carbocycles. The van der Waals surface area contributed by atoms with Gasteiger partial charge in [-0.3, -0.25) is 9.67 Å². The van der Waals surface area contributed by atoms with Gasteiger partial charge < -0.3 is 19.5 Å². The summed E-state index contributed by atoms with van der Waals surface area (Å²) in [4.78, 5) is 4.21. The van der Waals surface area contributed by atoms with Crippen LogP contribution >= 0.6 is 0 Å². The van der Waals surface area contributed by atoms with Crippen molar-refractivity contribution in [3.63, 3.8) is 0 Å². The Morgan fingerprint density at radius 1 is 1.25 bits per heavy atom. The number of aryl methyl sites for hydroxylation is 1. The number of hydrogen-bond acceptors (Lipinski definition) is 6. The van der Waals surface area contributed by atoms with Gasteiger partial charge in [0.1, 0.15) is 11.9 Å². The molecule has 1 N–H and O–H groups in total. The highest BCUT2D eigenvalue weighted by atomic mass is 16.5. The fourth-order valence-corrected chi connectivity index (χ4v) is 2.65. The summed E-state index contributed by atoms with van der Waals surface area (Å²) >= 11 is 0. The summed E-state index contributed by atoms with van der Waals surface area (Å²) < 4.78 is 18.9. The van der Waals surface area contributed by atoms with Gasteiger partial charge in [-0.15, -0.1) is 0 Å². The molecule has 130 valence electrons. The van der Waals surface area contributed by atoms with E-state index in [-0.39, 0.29) is 12.1 Å². The van der Waals surface area contributed by atoms with Crippen LogP contribution in [0.5, 0.6) is 11.5 Å². The maximum atomic E-state index is 6.01. The van der Waals surface area contributed by atoms with Crippen LogP contribution in [0.4, 0.5) is 0 Å². The van der Waals surface area contributed by atoms with E-state index in [9.17, 15) is 0 Å². The molecule has 0 saturated carbocycles. The summed E-state index contributed by atoms with van der Waals surface area (Å²) in [5.74, 6) is 1.57. The fraction of sp³-hybridized carbons (Fsp3) is 0.529. The van der Waals surface area contributed by atoms with Crippen molar-refractivity contribution in [1.82, 2.24) is 20.1 Å². The first kappa shape index (κ1) is 16.7. The molecule has 1 aliphatic heterocycles. The van der Waals surface area contributed by atoms with Crippen molar-refractivity contribution >= 4 is 0 Å². The molecule has 2 aromatic heterocycles. The predicted octanol–water partition coefficient (Wildman–Crippen LogP) is 1.63. The van der Waals surface area contributed by atoms with E-state index in [0.717, 1.165) is 23.6 Å². The van der Waals surface area contributed by atoms with Gasteiger partial charge in [-0.05, 0) is 25.5 Å². The third-order valence-corrected chi connectivity index (χ3v) is 3.90. The number of pyridine rings is 1. The zero-order valence-electron chi connectivity index (χ0n) is 14.1. The molecule has 7 nitrogen and oxygen atoms in total. The summed E-state index contributed by atoms with van der Waals surface area (Å²) in [6.07, 6.45) is 7.19. The molecule has 2 aromatic rings. The smallest absolute Gasteiger partial charge is 0.157 e. The number of ether oxygens (including phenoxy) is 3. The maximum absolute atomic E-state index is 6.01. The Balaban J connectivity index is 1.54. The third-order valence-electron chi connectivity index (χ3n) is 3.90. The van der Waals surface area contributed by atoms with Crippen LogP contribution in [0.25, 0.3) is 0 Å². The fourth-order valence-electron chi connectivity index (χ4n) is 2.65. The Morgan fingerprint density at radius 2 is 2.17 bits per heavy atom. The Kier molecular flexibility index (Phi) is 5.66. The number of aromatic nitrogens is 3. The maximum Gasteiger partial charge on any atom is 0.157 e. The van der Waals surface area contributed by atoms with Gasteiger partial charge in [0.2, 0.25) is 0 Å². The molecular weight excluding hydrogens is 308 g/mol. The first-order valence-corrected chi connectivity index (χ1v) is 8.35. The van der Waals surface area contributed by atoms with E-state index in [4.69, 9.17) is 14.2 Å². The molecule has 0 bridgehead atoms. The minimum atomic E-state index is -0.0254. The highest BCUT2D eigenvalue weighted by Crippen LogP contribution is 2.17. The van der Waals surface area contributed by atoms with Crippen LogP contribution in [0.1, 0.15) is 19.4 Å². The van der Waals surface area contributed by atoms with Gasteiger partial charge in [0.15, 0.2) is 5.75 Å². The quantitative estimate of drug-likeness (QED) is 0.792. The molecule has 1 saturated heterocycles. The summed E-state index contributed by atoms with van der Waals surface area (Å²) in [5.41, 5.74) is 1.07. The molecule has 24 heavy (non-hydrogen) atoms. The van der Waals surface area contributed by atoms with Crippen molar-refractivity contribution < 1.29 is 14.2 Å². The monoisotopic (exact) mass is 332 g/mol. The molecule has 0 unspecified atom stereocenters. The van der Waals surface area contributed by atoms with Crippen LogP contribution in [0.15, 0.2) is 30.9 Å². The SMILES string of the molecule is CCOc1cncc(CN[C@H]2COC[C@H]2Oc2cnn(CC)c2)c1. The summed E-state index contributed by atoms with van der Waals surface area (Å²) in [6.45, 7) is 7.37. The minimum Gasteiger partial charge on any atom is -0.492 e. The van der Waals surface area contributed by atoms with Gasteiger partial charge in [-0.25, -0.2) is 0 Å². The lowest BCUT2D eigenvalue weighted by molar-refractivity contribution is 0.139. The van der Waals surface area contributed by atoms with Gasteiger partial charge in [-0.2, -0.15) is 5.10 Å². The molecule has 1 aliphatic rings. The Morgan fingerprint density at radius 3 is 2.96 bits per heavy atom. The van der Waals surface area contributed by atoms with Gasteiger partial charge in [0.25, 0.3) is 0 Å². The van der Waals surface area contributed by atoms with E-state index in [1.807, 2.05) is 37.0 Å². The van der Waals surface area contributed by atoms with E-state index in [1.54, 1.807) is 12.4 Å². The molecule has 1 fully saturated rings. The number of rotatable bonds is 8. The summed E-state index contributed by atoms with van der Waals surface area (Å²) in [7, 11) is 0. The topological polar surface area (TPSA) is 70.4 Å². The van der Waals surface area contributed by atoms with E-state index < -0.39 is 0 Å². The lowest BCUT2D eigenvalue weighted by atomic mass is 10.2. The second-order valence-corrected chi connectivity index (χ2v) is 5.67. The average molecular weight is 332 g/mol. The second-order valence-electron chi connectivity index (χ2n) is 5.67. The van der Waals surface area contributed by atoms with Crippen LogP contribution in [-0.4, -0.2) is 46.7 Å². The largest absolute Gasteiger partial charge is 0.492 e. The molecule has 3 rings (SSSR count). The number of nitrogens with zero attached hydrogens (tertiary/aromatic N) is 3. The van der Waals surface area contributed by atoms with Crippen LogP contribution in [0.3, 0.4) is 0 Å². The van der Waals surface area contributed by atoms with E-state index in [0.29, 0.717) is 26.4 Å². The minimum absolute atomic E-state index is 0.0254. The van der Waals surface area contributed by atoms with Gasteiger partial charge in [0.05, 0.1) is 44.5 Å². The van der Waals surface area contributed by atoms with Crippen molar-refractivity contribution in [3.8, 4) is 11.5 Å². The molecule has 7 heteroatoms. The first-order valence-electron chi connectivity index (χ1n) is 8.35. The zero-order chi connectivity index (χ0) is 16.8. The Hall–Kier alpha value is -2.12. The lowest BCUT2D eigenvalue weighted by Gasteiger charge is -2.19. The lowest BCUT2D eigenvalue weighted by Crippen LogP contribution is -2.41. The van der Waals surface area contributed by atoms with Gasteiger partial charge in [0, 0.05) is 19.3 Å². The van der Waals surface area contributed by atoms with Gasteiger partial charge in [-0.1, -0.05) is 0 Å². The number of hydrogen-bond donors (Lipinski definition) is 1. The van der Waals surface area contributed by atoms with Crippen molar-refractivity contribution in [1.29, 1.82) is 0 Å². The van der Waals surface area contributed by atoms with Crippen molar-refractivity contribution in [2.24, 2.45) is 0 Å². The van der Waals surface area contributed by atoms with Crippen LogP contribution in [-0.2, 0) is 17.8 Å². The molecule has 0 radical (unpaired) electrons. The molecule has 0 aromatic carbocycles. The van der Waals surface area contributed by atoms with E-state index in [2.05, 4.69) is 15.4 Å². The first-order chi connectivity index (χ1) is 11.8. The molecule has 0 amide bonds. The van der Waals surface area contributed by atoms with Crippen molar-refractivity contribution in [2.45, 2.75) is 39.1 Å². The highest BCUT2D eigenvalue weighted by molar-refractivity contribution is 5.23. The third kappa shape index (κ3) is 4.24. The molecule has 2 atom stereocenters. The summed E-state index contributed by atoms with van der Waals surface area (Å²) in [6, 6.07) is 2.13. The van der Waals surface area contributed by atoms with E-state index >= 15 is 0 Å². The van der Waals surface area contributed by atoms with Crippen molar-refractivity contribution in [2.75, 3.05) is 19.8 Å². The summed E-state index contributed by atoms with van der Waals surface area (Å²) in [5, 5.41) is 7.72. The van der Waals surface area contributed by atoms with Crippen LogP contribution < -0.4 is 14.8 Å². The molecule has 0 spiro atoms. The second kappa shape index (κ2) is 8.12. The zero-order valence-corrected chi connectivity index (χ0v) is 14.1. The Bertz CT molecular complexity index is 646. The Labute approximate surface area is 141 Å². The highest BCUT2D eigenvalue weighted by Gasteiger charge is 2.30. The van der Waals surface area contributed by atoms with E-state index in [1.165, 1.54) is 0 Å². The molecule has 3 heterocycles. The predicted molar refractivity (Wildman–Crippen MR) is 89.2 cm³/mol. The molecular formula is C17H24N4O3. The van der Waals surface area contributed by atoms with Crippen LogP contribution in [0, 0.1) is 0 Å². The van der Waals surface area contributed by atoms with Crippen LogP contribution in [0.2, 0.25) is 0 Å². The number of nitrogens with one attached hydrogen (secondary N) is 1. The average Bonchev–Trinajstić information content (AvgIpc) is 3.23. The van der Waals surface area contributed by atoms with Crippen molar-refractivity contribution in [3.05, 3.63) is 36.4 Å². The standard InChI is InChI=1S/C17H24N4O3/c1-3-21-10-15(9-20-21)24-17-12-22-11-16(17)19-7-13-5-14(23-4-2)8-18-6-13/h5-6,8-10,16-17,19H,3-4,7,11-12H2,1-2H3/t16-,17+/m0/s1.